The lowest BCUT2D eigenvalue weighted by Crippen LogP contribution is -2.28. The van der Waals surface area contributed by atoms with E-state index in [1.165, 1.54) is 29.8 Å². The van der Waals surface area contributed by atoms with Crippen molar-refractivity contribution >= 4 is 10.0 Å². The zero-order chi connectivity index (χ0) is 14.8. The van der Waals surface area contributed by atoms with Crippen LogP contribution in [-0.4, -0.2) is 25.3 Å². The number of hydrogen-bond donors (Lipinski definition) is 1. The maximum atomic E-state index is 11.7. The van der Waals surface area contributed by atoms with E-state index >= 15 is 0 Å². The molecular formula is C15H26N2O2S. The number of aromatic nitrogens is 1. The molecule has 2 rings (SSSR count). The number of nitrogens with zero attached hydrogens (tertiary/aromatic N) is 1. The third-order valence-electron chi connectivity index (χ3n) is 3.98. The molecule has 1 aliphatic rings. The SMILES string of the molecule is CCCCS(=O)(=O)NCCc1cc(C)n(C2CC2)c1C. The van der Waals surface area contributed by atoms with Crippen LogP contribution < -0.4 is 4.72 Å². The molecule has 5 heteroatoms. The molecule has 0 radical (unpaired) electrons. The van der Waals surface area contributed by atoms with E-state index in [0.717, 1.165) is 19.3 Å². The number of hydrogen-bond acceptors (Lipinski definition) is 2. The minimum Gasteiger partial charge on any atom is -0.346 e. The molecule has 0 aliphatic heterocycles. The van der Waals surface area contributed by atoms with Crippen molar-refractivity contribution in [1.29, 1.82) is 0 Å². The normalized spacial score (nSPS) is 15.8. The van der Waals surface area contributed by atoms with Gasteiger partial charge in [-0.2, -0.15) is 0 Å². The van der Waals surface area contributed by atoms with Crippen molar-refractivity contribution in [2.24, 2.45) is 0 Å². The first-order chi connectivity index (χ1) is 9.44. The summed E-state index contributed by atoms with van der Waals surface area (Å²) in [5.74, 6) is 0.241. The molecule has 1 saturated carbocycles. The largest absolute Gasteiger partial charge is 0.346 e. The number of unbranched alkanes of at least 4 members (excludes halogenated alkanes) is 1. The van der Waals surface area contributed by atoms with Crippen molar-refractivity contribution in [1.82, 2.24) is 9.29 Å². The van der Waals surface area contributed by atoms with Crippen molar-refractivity contribution in [3.05, 3.63) is 23.0 Å². The van der Waals surface area contributed by atoms with Gasteiger partial charge in [0.15, 0.2) is 0 Å². The highest BCUT2D eigenvalue weighted by atomic mass is 32.2. The van der Waals surface area contributed by atoms with E-state index in [1.807, 2.05) is 6.92 Å². The number of sulfonamides is 1. The third kappa shape index (κ3) is 3.85. The Morgan fingerprint density at radius 1 is 1.35 bits per heavy atom. The molecule has 0 bridgehead atoms. The highest BCUT2D eigenvalue weighted by Gasteiger charge is 2.26. The summed E-state index contributed by atoms with van der Waals surface area (Å²) < 4.78 is 28.6. The van der Waals surface area contributed by atoms with Gasteiger partial charge in [0.1, 0.15) is 0 Å². The van der Waals surface area contributed by atoms with Crippen LogP contribution in [0.15, 0.2) is 6.07 Å². The molecule has 1 aromatic rings. The average Bonchev–Trinajstić information content (AvgIpc) is 3.15. The molecule has 0 aromatic carbocycles. The maximum Gasteiger partial charge on any atom is 0.211 e. The predicted octanol–water partition coefficient (Wildman–Crippen LogP) is 2.70. The molecule has 4 nitrogen and oxygen atoms in total. The van der Waals surface area contributed by atoms with Crippen LogP contribution in [0.1, 0.15) is 55.6 Å². The summed E-state index contributed by atoms with van der Waals surface area (Å²) in [5, 5.41) is 0. The minimum atomic E-state index is -3.09. The molecule has 0 saturated heterocycles. The Bertz CT molecular complexity index is 557. The molecule has 0 unspecified atom stereocenters. The topological polar surface area (TPSA) is 51.1 Å². The minimum absolute atomic E-state index is 0.241. The molecule has 1 aromatic heterocycles. The number of rotatable bonds is 8. The van der Waals surface area contributed by atoms with Gasteiger partial charge in [-0.25, -0.2) is 13.1 Å². The first-order valence-electron chi connectivity index (χ1n) is 7.59. The zero-order valence-corrected chi connectivity index (χ0v) is 13.6. The van der Waals surface area contributed by atoms with Gasteiger partial charge < -0.3 is 4.57 Å². The molecular weight excluding hydrogens is 272 g/mol. The van der Waals surface area contributed by atoms with Crippen molar-refractivity contribution < 1.29 is 8.42 Å². The van der Waals surface area contributed by atoms with Crippen LogP contribution in [0.25, 0.3) is 0 Å². The Morgan fingerprint density at radius 2 is 2.05 bits per heavy atom. The molecule has 0 amide bonds. The Hall–Kier alpha value is -0.810. The van der Waals surface area contributed by atoms with E-state index in [2.05, 4.69) is 29.2 Å². The summed E-state index contributed by atoms with van der Waals surface area (Å²) in [4.78, 5) is 0. The fourth-order valence-corrected chi connectivity index (χ4v) is 3.97. The molecule has 20 heavy (non-hydrogen) atoms. The molecule has 1 fully saturated rings. The van der Waals surface area contributed by atoms with Crippen molar-refractivity contribution in [2.75, 3.05) is 12.3 Å². The van der Waals surface area contributed by atoms with E-state index in [-0.39, 0.29) is 5.75 Å². The molecule has 0 spiro atoms. The van der Waals surface area contributed by atoms with Crippen molar-refractivity contribution in [3.8, 4) is 0 Å². The standard InChI is InChI=1S/C15H26N2O2S/c1-4-5-10-20(18,19)16-9-8-14-11-12(2)17(13(14)3)15-6-7-15/h11,15-16H,4-10H2,1-3H3. The van der Waals surface area contributed by atoms with Gasteiger partial charge in [-0.3, -0.25) is 0 Å². The maximum absolute atomic E-state index is 11.7. The first kappa shape index (κ1) is 15.6. The predicted molar refractivity (Wildman–Crippen MR) is 82.6 cm³/mol. The zero-order valence-electron chi connectivity index (χ0n) is 12.8. The summed E-state index contributed by atoms with van der Waals surface area (Å²) in [7, 11) is -3.09. The lowest BCUT2D eigenvalue weighted by atomic mass is 10.2. The van der Waals surface area contributed by atoms with Crippen LogP contribution in [0, 0.1) is 13.8 Å². The van der Waals surface area contributed by atoms with Gasteiger partial charge in [-0.05, 0) is 51.2 Å². The van der Waals surface area contributed by atoms with Crippen LogP contribution in [0.3, 0.4) is 0 Å². The molecule has 1 N–H and O–H groups in total. The summed E-state index contributed by atoms with van der Waals surface area (Å²) in [6.45, 7) is 6.79. The number of nitrogens with one attached hydrogen (secondary N) is 1. The fourth-order valence-electron chi connectivity index (χ4n) is 2.74. The lowest BCUT2D eigenvalue weighted by Gasteiger charge is -2.08. The molecule has 114 valence electrons. The Kier molecular flexibility index (Phi) is 4.91. The second-order valence-electron chi connectivity index (χ2n) is 5.81. The molecule has 1 heterocycles. The van der Waals surface area contributed by atoms with E-state index in [9.17, 15) is 8.42 Å². The monoisotopic (exact) mass is 298 g/mol. The van der Waals surface area contributed by atoms with Crippen molar-refractivity contribution in [2.45, 2.75) is 58.9 Å². The Morgan fingerprint density at radius 3 is 2.65 bits per heavy atom. The van der Waals surface area contributed by atoms with Crippen LogP contribution in [-0.2, 0) is 16.4 Å². The summed E-state index contributed by atoms with van der Waals surface area (Å²) in [5.41, 5.74) is 3.87. The van der Waals surface area contributed by atoms with E-state index in [0.29, 0.717) is 12.6 Å². The van der Waals surface area contributed by atoms with Crippen molar-refractivity contribution in [3.63, 3.8) is 0 Å². The number of aryl methyl sites for hydroxylation is 1. The summed E-state index contributed by atoms with van der Waals surface area (Å²) in [6, 6.07) is 2.89. The van der Waals surface area contributed by atoms with E-state index in [1.54, 1.807) is 0 Å². The quantitative estimate of drug-likeness (QED) is 0.802. The van der Waals surface area contributed by atoms with Gasteiger partial charge >= 0.3 is 0 Å². The second kappa shape index (κ2) is 6.31. The van der Waals surface area contributed by atoms with Crippen LogP contribution in [0.4, 0.5) is 0 Å². The van der Waals surface area contributed by atoms with Gasteiger partial charge in [0.25, 0.3) is 0 Å². The van der Waals surface area contributed by atoms with Crippen LogP contribution in [0.5, 0.6) is 0 Å². The van der Waals surface area contributed by atoms with Gasteiger partial charge in [-0.1, -0.05) is 13.3 Å². The van der Waals surface area contributed by atoms with Gasteiger partial charge in [0.05, 0.1) is 5.75 Å². The lowest BCUT2D eigenvalue weighted by molar-refractivity contribution is 0.578. The second-order valence-corrected chi connectivity index (χ2v) is 7.74. The van der Waals surface area contributed by atoms with E-state index < -0.39 is 10.0 Å². The first-order valence-corrected chi connectivity index (χ1v) is 9.24. The molecule has 0 atom stereocenters. The summed E-state index contributed by atoms with van der Waals surface area (Å²) >= 11 is 0. The molecule has 1 aliphatic carbocycles. The highest BCUT2D eigenvalue weighted by molar-refractivity contribution is 7.89. The van der Waals surface area contributed by atoms with Crippen LogP contribution >= 0.6 is 0 Å². The van der Waals surface area contributed by atoms with E-state index in [4.69, 9.17) is 0 Å². The smallest absolute Gasteiger partial charge is 0.211 e. The average molecular weight is 298 g/mol. The summed E-state index contributed by atoms with van der Waals surface area (Å²) in [6.07, 6.45) is 4.96. The Balaban J connectivity index is 1.90. The van der Waals surface area contributed by atoms with Gasteiger partial charge in [-0.15, -0.1) is 0 Å². The van der Waals surface area contributed by atoms with Gasteiger partial charge in [0, 0.05) is 24.0 Å². The third-order valence-corrected chi connectivity index (χ3v) is 5.45. The fraction of sp³-hybridized carbons (Fsp3) is 0.733. The highest BCUT2D eigenvalue weighted by Crippen LogP contribution is 2.38. The van der Waals surface area contributed by atoms with Gasteiger partial charge in [0.2, 0.25) is 10.0 Å². The van der Waals surface area contributed by atoms with Crippen LogP contribution in [0.2, 0.25) is 0 Å². The Labute approximate surface area is 122 Å².